The second kappa shape index (κ2) is 10.6. The normalized spacial score (nSPS) is 18.0. The number of rotatable bonds is 6. The second-order valence-corrected chi connectivity index (χ2v) is 9.61. The number of piperidine rings is 1. The van der Waals surface area contributed by atoms with Crippen LogP contribution in [0, 0.1) is 0 Å². The maximum absolute atomic E-state index is 12.7. The van der Waals surface area contributed by atoms with Crippen molar-refractivity contribution in [3.63, 3.8) is 0 Å². The predicted octanol–water partition coefficient (Wildman–Crippen LogP) is 2.76. The predicted molar refractivity (Wildman–Crippen MR) is 134 cm³/mol. The first-order chi connectivity index (χ1) is 17.1. The van der Waals surface area contributed by atoms with Crippen LogP contribution in [0.3, 0.4) is 0 Å². The van der Waals surface area contributed by atoms with Crippen LogP contribution in [0.5, 0.6) is 11.5 Å². The van der Waals surface area contributed by atoms with Crippen LogP contribution in [0.15, 0.2) is 36.4 Å². The summed E-state index contributed by atoms with van der Waals surface area (Å²) in [5.41, 5.74) is 4.72. The van der Waals surface area contributed by atoms with Gasteiger partial charge in [-0.1, -0.05) is 24.6 Å². The molecule has 2 N–H and O–H groups in total. The van der Waals surface area contributed by atoms with Gasteiger partial charge in [-0.3, -0.25) is 14.5 Å². The zero-order valence-electron chi connectivity index (χ0n) is 20.3. The number of nitrogens with one attached hydrogen (secondary N) is 2. The van der Waals surface area contributed by atoms with Gasteiger partial charge >= 0.3 is 11.8 Å². The third kappa shape index (κ3) is 5.37. The van der Waals surface area contributed by atoms with Gasteiger partial charge in [0, 0.05) is 32.4 Å². The molecule has 0 aliphatic carbocycles. The maximum atomic E-state index is 12.7. The third-order valence-corrected chi connectivity index (χ3v) is 7.22. The summed E-state index contributed by atoms with van der Waals surface area (Å²) in [5, 5.41) is 5.61. The van der Waals surface area contributed by atoms with Crippen molar-refractivity contribution in [2.24, 2.45) is 0 Å². The highest BCUT2D eigenvalue weighted by Crippen LogP contribution is 2.33. The van der Waals surface area contributed by atoms with E-state index in [4.69, 9.17) is 9.47 Å². The van der Waals surface area contributed by atoms with Crippen LogP contribution < -0.4 is 25.0 Å². The van der Waals surface area contributed by atoms with Crippen LogP contribution in [0.25, 0.3) is 0 Å². The fourth-order valence-corrected chi connectivity index (χ4v) is 5.28. The van der Waals surface area contributed by atoms with Gasteiger partial charge in [-0.2, -0.15) is 0 Å². The van der Waals surface area contributed by atoms with Crippen molar-refractivity contribution in [1.29, 1.82) is 0 Å². The van der Waals surface area contributed by atoms with E-state index < -0.39 is 11.8 Å². The van der Waals surface area contributed by atoms with Gasteiger partial charge in [-0.05, 0) is 73.7 Å². The topological polar surface area (TPSA) is 83.1 Å². The van der Waals surface area contributed by atoms with Gasteiger partial charge < -0.3 is 25.0 Å². The van der Waals surface area contributed by atoms with E-state index in [9.17, 15) is 9.59 Å². The van der Waals surface area contributed by atoms with E-state index in [0.717, 1.165) is 50.9 Å². The molecule has 0 radical (unpaired) electrons. The largest absolute Gasteiger partial charge is 0.454 e. The number of amides is 2. The molecule has 2 aromatic rings. The van der Waals surface area contributed by atoms with Crippen molar-refractivity contribution in [3.05, 3.63) is 53.1 Å². The van der Waals surface area contributed by atoms with Crippen molar-refractivity contribution in [3.8, 4) is 11.5 Å². The number of aryl methyl sites for hydroxylation is 1. The Morgan fingerprint density at radius 2 is 1.71 bits per heavy atom. The number of likely N-dealkylation sites (tertiary alicyclic amines) is 1. The Labute approximate surface area is 206 Å². The van der Waals surface area contributed by atoms with Crippen molar-refractivity contribution < 1.29 is 19.1 Å². The molecular formula is C27H34N4O4. The second-order valence-electron chi connectivity index (χ2n) is 9.61. The molecule has 1 atom stereocenters. The Morgan fingerprint density at radius 1 is 0.914 bits per heavy atom. The summed E-state index contributed by atoms with van der Waals surface area (Å²) in [6.45, 7) is 3.95. The zero-order chi connectivity index (χ0) is 24.2. The van der Waals surface area contributed by atoms with Crippen LogP contribution in [-0.4, -0.2) is 56.7 Å². The molecule has 2 aromatic carbocycles. The van der Waals surface area contributed by atoms with E-state index in [2.05, 4.69) is 45.7 Å². The lowest BCUT2D eigenvalue weighted by Crippen LogP contribution is -2.45. The van der Waals surface area contributed by atoms with Crippen molar-refractivity contribution in [2.45, 2.75) is 44.7 Å². The lowest BCUT2D eigenvalue weighted by atomic mass is 9.95. The average molecular weight is 479 g/mol. The van der Waals surface area contributed by atoms with Crippen molar-refractivity contribution in [2.75, 3.05) is 44.9 Å². The molecule has 3 aliphatic rings. The quantitative estimate of drug-likeness (QED) is 0.622. The molecule has 3 aliphatic heterocycles. The minimum atomic E-state index is -0.632. The van der Waals surface area contributed by atoms with E-state index in [1.807, 2.05) is 18.2 Å². The summed E-state index contributed by atoms with van der Waals surface area (Å²) in [7, 11) is 2.14. The number of anilines is 1. The van der Waals surface area contributed by atoms with Crippen LogP contribution in [0.1, 0.15) is 48.4 Å². The van der Waals surface area contributed by atoms with Gasteiger partial charge in [-0.15, -0.1) is 0 Å². The molecular weight excluding hydrogens is 444 g/mol. The van der Waals surface area contributed by atoms with Crippen molar-refractivity contribution >= 4 is 17.5 Å². The molecule has 8 heteroatoms. The highest BCUT2D eigenvalue weighted by Gasteiger charge is 2.26. The standard InChI is InChI=1S/C27H34N4O4/c1-30-11-5-6-20-15-21(8-9-22(20)30)23(31-12-3-2-4-13-31)17-29-27(33)26(32)28-16-19-7-10-24-25(14-19)35-18-34-24/h7-10,14-15,23H,2-6,11-13,16-18H2,1H3,(H,28,32)(H,29,33)/t23-/m1/s1. The fraction of sp³-hybridized carbons (Fsp3) is 0.481. The van der Waals surface area contributed by atoms with Crippen LogP contribution in [0.2, 0.25) is 0 Å². The molecule has 5 rings (SSSR count). The molecule has 0 spiro atoms. The molecule has 2 amide bonds. The molecule has 3 heterocycles. The minimum absolute atomic E-state index is 0.0541. The van der Waals surface area contributed by atoms with Crippen molar-refractivity contribution in [1.82, 2.24) is 15.5 Å². The highest BCUT2D eigenvalue weighted by molar-refractivity contribution is 6.35. The first-order valence-corrected chi connectivity index (χ1v) is 12.6. The van der Waals surface area contributed by atoms with E-state index in [0.29, 0.717) is 18.0 Å². The Hall–Kier alpha value is -3.26. The van der Waals surface area contributed by atoms with Gasteiger partial charge in [0.05, 0.1) is 6.04 Å². The summed E-state index contributed by atoms with van der Waals surface area (Å²) >= 11 is 0. The Balaban J connectivity index is 1.22. The van der Waals surface area contributed by atoms with Gasteiger partial charge in [0.25, 0.3) is 0 Å². The fourth-order valence-electron chi connectivity index (χ4n) is 5.28. The Bertz CT molecular complexity index is 1080. The summed E-state index contributed by atoms with van der Waals surface area (Å²) in [6.07, 6.45) is 5.80. The molecule has 0 saturated carbocycles. The lowest BCUT2D eigenvalue weighted by Gasteiger charge is -2.36. The molecule has 0 unspecified atom stereocenters. The van der Waals surface area contributed by atoms with Gasteiger partial charge in [0.15, 0.2) is 11.5 Å². The monoisotopic (exact) mass is 478 g/mol. The van der Waals surface area contributed by atoms with E-state index in [1.165, 1.54) is 23.2 Å². The molecule has 1 saturated heterocycles. The Kier molecular flexibility index (Phi) is 7.08. The number of nitrogens with zero attached hydrogens (tertiary/aromatic N) is 2. The van der Waals surface area contributed by atoms with E-state index >= 15 is 0 Å². The average Bonchev–Trinajstić information content (AvgIpc) is 3.36. The zero-order valence-corrected chi connectivity index (χ0v) is 20.3. The maximum Gasteiger partial charge on any atom is 0.309 e. The molecule has 186 valence electrons. The molecule has 0 bridgehead atoms. The number of hydrogen-bond acceptors (Lipinski definition) is 6. The lowest BCUT2D eigenvalue weighted by molar-refractivity contribution is -0.139. The third-order valence-electron chi connectivity index (χ3n) is 7.22. The van der Waals surface area contributed by atoms with E-state index in [-0.39, 0.29) is 19.4 Å². The SMILES string of the molecule is CN1CCCc2cc([C@@H](CNC(=O)C(=O)NCc3ccc4c(c3)OCO4)N3CCCCC3)ccc21. The first-order valence-electron chi connectivity index (χ1n) is 12.6. The number of ether oxygens (including phenoxy) is 2. The number of benzene rings is 2. The summed E-state index contributed by atoms with van der Waals surface area (Å²) in [5.74, 6) is 0.106. The van der Waals surface area contributed by atoms with Crippen LogP contribution in [0.4, 0.5) is 5.69 Å². The smallest absolute Gasteiger partial charge is 0.309 e. The minimum Gasteiger partial charge on any atom is -0.454 e. The molecule has 8 nitrogen and oxygen atoms in total. The van der Waals surface area contributed by atoms with E-state index in [1.54, 1.807) is 0 Å². The summed E-state index contributed by atoms with van der Waals surface area (Å²) in [6, 6.07) is 12.2. The number of carbonyl (C=O) groups is 2. The number of hydrogen-bond donors (Lipinski definition) is 2. The number of carbonyl (C=O) groups excluding carboxylic acids is 2. The Morgan fingerprint density at radius 3 is 2.57 bits per heavy atom. The van der Waals surface area contributed by atoms with Gasteiger partial charge in [0.2, 0.25) is 6.79 Å². The van der Waals surface area contributed by atoms with Gasteiger partial charge in [0.1, 0.15) is 0 Å². The first kappa shape index (κ1) is 23.5. The molecule has 1 fully saturated rings. The summed E-state index contributed by atoms with van der Waals surface area (Å²) < 4.78 is 10.7. The highest BCUT2D eigenvalue weighted by atomic mass is 16.7. The van der Waals surface area contributed by atoms with Gasteiger partial charge in [-0.25, -0.2) is 0 Å². The van der Waals surface area contributed by atoms with Crippen LogP contribution >= 0.6 is 0 Å². The molecule has 35 heavy (non-hydrogen) atoms. The number of fused-ring (bicyclic) bond motifs is 2. The van der Waals surface area contributed by atoms with Crippen LogP contribution in [-0.2, 0) is 22.6 Å². The summed E-state index contributed by atoms with van der Waals surface area (Å²) in [4.78, 5) is 29.9. The molecule has 0 aromatic heterocycles.